The molecule has 1 saturated carbocycles. The van der Waals surface area contributed by atoms with Gasteiger partial charge in [-0.1, -0.05) is 23.7 Å². The van der Waals surface area contributed by atoms with Crippen LogP contribution in [-0.2, 0) is 15.0 Å². The molecule has 1 aromatic rings. The number of piperidine rings is 1. The standard InChI is InChI=1S/C17H20ClNO3/c18-14-3-1-13(2-4-14)17(7-8-17)16(22)19-9-5-12(6-10-19)11-15(20)21/h1-4,12H,5-11H2,(H,20,21). The van der Waals surface area contributed by atoms with E-state index in [0.717, 1.165) is 31.2 Å². The predicted octanol–water partition coefficient (Wildman–Crippen LogP) is 3.08. The number of benzene rings is 1. The van der Waals surface area contributed by atoms with Gasteiger partial charge in [0.15, 0.2) is 0 Å². The molecule has 22 heavy (non-hydrogen) atoms. The summed E-state index contributed by atoms with van der Waals surface area (Å²) in [6, 6.07) is 7.57. The zero-order chi connectivity index (χ0) is 15.7. The molecular formula is C17H20ClNO3. The molecular weight excluding hydrogens is 302 g/mol. The Morgan fingerprint density at radius 2 is 1.77 bits per heavy atom. The zero-order valence-corrected chi connectivity index (χ0v) is 13.2. The molecule has 1 aliphatic heterocycles. The highest BCUT2D eigenvalue weighted by Gasteiger charge is 2.53. The fourth-order valence-corrected chi connectivity index (χ4v) is 3.54. The number of amides is 1. The van der Waals surface area contributed by atoms with Gasteiger partial charge < -0.3 is 10.0 Å². The van der Waals surface area contributed by atoms with E-state index in [2.05, 4.69) is 0 Å². The van der Waals surface area contributed by atoms with E-state index in [9.17, 15) is 9.59 Å². The predicted molar refractivity (Wildman–Crippen MR) is 83.9 cm³/mol. The van der Waals surface area contributed by atoms with Crippen LogP contribution in [0, 0.1) is 5.92 Å². The minimum Gasteiger partial charge on any atom is -0.481 e. The molecule has 1 heterocycles. The molecule has 0 aromatic heterocycles. The summed E-state index contributed by atoms with van der Waals surface area (Å²) >= 11 is 5.92. The summed E-state index contributed by atoms with van der Waals surface area (Å²) in [5.41, 5.74) is 0.694. The SMILES string of the molecule is O=C(O)CC1CCN(C(=O)C2(c3ccc(Cl)cc3)CC2)CC1. The normalized spacial score (nSPS) is 20.7. The Hall–Kier alpha value is -1.55. The fraction of sp³-hybridized carbons (Fsp3) is 0.529. The lowest BCUT2D eigenvalue weighted by molar-refractivity contribution is -0.139. The van der Waals surface area contributed by atoms with Crippen LogP contribution in [0.2, 0.25) is 5.02 Å². The number of carboxylic acids is 1. The second kappa shape index (κ2) is 5.92. The van der Waals surface area contributed by atoms with Crippen LogP contribution < -0.4 is 0 Å². The second-order valence-corrected chi connectivity index (χ2v) is 6.86. The Kier molecular flexibility index (Phi) is 4.13. The van der Waals surface area contributed by atoms with E-state index in [-0.39, 0.29) is 23.7 Å². The highest BCUT2D eigenvalue weighted by molar-refractivity contribution is 6.30. The van der Waals surface area contributed by atoms with E-state index >= 15 is 0 Å². The monoisotopic (exact) mass is 321 g/mol. The van der Waals surface area contributed by atoms with Crippen molar-refractivity contribution in [3.05, 3.63) is 34.9 Å². The molecule has 0 atom stereocenters. The van der Waals surface area contributed by atoms with Gasteiger partial charge in [0.25, 0.3) is 0 Å². The molecule has 4 nitrogen and oxygen atoms in total. The van der Waals surface area contributed by atoms with Gasteiger partial charge in [-0.15, -0.1) is 0 Å². The topological polar surface area (TPSA) is 57.6 Å². The summed E-state index contributed by atoms with van der Waals surface area (Å²) in [5.74, 6) is -0.347. The highest BCUT2D eigenvalue weighted by Crippen LogP contribution is 2.50. The third-order valence-corrected chi connectivity index (χ3v) is 5.17. The van der Waals surface area contributed by atoms with E-state index in [1.807, 2.05) is 29.2 Å². The number of nitrogens with zero attached hydrogens (tertiary/aromatic N) is 1. The van der Waals surface area contributed by atoms with Gasteiger partial charge >= 0.3 is 5.97 Å². The van der Waals surface area contributed by atoms with Crippen LogP contribution in [0.4, 0.5) is 0 Å². The molecule has 0 unspecified atom stereocenters. The Morgan fingerprint density at radius 1 is 1.18 bits per heavy atom. The third kappa shape index (κ3) is 2.98. The van der Waals surface area contributed by atoms with Crippen LogP contribution in [0.3, 0.4) is 0 Å². The van der Waals surface area contributed by atoms with Crippen LogP contribution in [-0.4, -0.2) is 35.0 Å². The van der Waals surface area contributed by atoms with Gasteiger partial charge in [-0.2, -0.15) is 0 Å². The summed E-state index contributed by atoms with van der Waals surface area (Å²) in [5, 5.41) is 9.54. The van der Waals surface area contributed by atoms with Crippen molar-refractivity contribution in [3.63, 3.8) is 0 Å². The molecule has 0 spiro atoms. The van der Waals surface area contributed by atoms with E-state index < -0.39 is 5.97 Å². The van der Waals surface area contributed by atoms with Crippen LogP contribution in [0.15, 0.2) is 24.3 Å². The molecule has 1 amide bonds. The molecule has 1 saturated heterocycles. The first kappa shape index (κ1) is 15.3. The van der Waals surface area contributed by atoms with Crippen LogP contribution in [0.25, 0.3) is 0 Å². The quantitative estimate of drug-likeness (QED) is 0.927. The van der Waals surface area contributed by atoms with Crippen molar-refractivity contribution in [1.82, 2.24) is 4.90 Å². The molecule has 1 N–H and O–H groups in total. The largest absolute Gasteiger partial charge is 0.481 e. The van der Waals surface area contributed by atoms with Crippen LogP contribution in [0.1, 0.15) is 37.7 Å². The van der Waals surface area contributed by atoms with Gasteiger partial charge in [-0.25, -0.2) is 0 Å². The smallest absolute Gasteiger partial charge is 0.303 e. The number of hydrogen-bond donors (Lipinski definition) is 1. The average molecular weight is 322 g/mol. The minimum absolute atomic E-state index is 0.198. The first-order chi connectivity index (χ1) is 10.5. The van der Waals surface area contributed by atoms with Gasteiger partial charge in [-0.3, -0.25) is 9.59 Å². The first-order valence-corrected chi connectivity index (χ1v) is 8.16. The van der Waals surface area contributed by atoms with Gasteiger partial charge in [0.2, 0.25) is 5.91 Å². The summed E-state index contributed by atoms with van der Waals surface area (Å²) in [4.78, 5) is 25.6. The number of hydrogen-bond acceptors (Lipinski definition) is 2. The van der Waals surface area contributed by atoms with Crippen molar-refractivity contribution in [3.8, 4) is 0 Å². The molecule has 2 fully saturated rings. The van der Waals surface area contributed by atoms with Gasteiger partial charge in [-0.05, 0) is 49.3 Å². The lowest BCUT2D eigenvalue weighted by Gasteiger charge is -2.34. The van der Waals surface area contributed by atoms with Crippen molar-refractivity contribution in [2.45, 2.75) is 37.5 Å². The molecule has 3 rings (SSSR count). The first-order valence-electron chi connectivity index (χ1n) is 7.78. The van der Waals surface area contributed by atoms with E-state index in [4.69, 9.17) is 16.7 Å². The molecule has 1 aromatic carbocycles. The van der Waals surface area contributed by atoms with Gasteiger partial charge in [0.1, 0.15) is 0 Å². The van der Waals surface area contributed by atoms with E-state index in [1.165, 1.54) is 0 Å². The maximum atomic E-state index is 12.9. The van der Waals surface area contributed by atoms with Crippen molar-refractivity contribution >= 4 is 23.5 Å². The molecule has 5 heteroatoms. The number of carbonyl (C=O) groups is 2. The molecule has 1 aliphatic carbocycles. The molecule has 118 valence electrons. The van der Waals surface area contributed by atoms with E-state index in [1.54, 1.807) is 0 Å². The number of likely N-dealkylation sites (tertiary alicyclic amines) is 1. The van der Waals surface area contributed by atoms with Crippen molar-refractivity contribution in [2.24, 2.45) is 5.92 Å². The summed E-state index contributed by atoms with van der Waals surface area (Å²) in [7, 11) is 0. The number of rotatable bonds is 4. The van der Waals surface area contributed by atoms with Crippen molar-refractivity contribution < 1.29 is 14.7 Å². The number of carboxylic acid groups (broad SMARTS) is 1. The molecule has 0 bridgehead atoms. The van der Waals surface area contributed by atoms with Gasteiger partial charge in [0.05, 0.1) is 5.41 Å². The van der Waals surface area contributed by atoms with Crippen LogP contribution in [0.5, 0.6) is 0 Å². The average Bonchev–Trinajstić information content (AvgIpc) is 3.29. The van der Waals surface area contributed by atoms with Crippen molar-refractivity contribution in [1.29, 1.82) is 0 Å². The molecule has 0 radical (unpaired) electrons. The Morgan fingerprint density at radius 3 is 2.27 bits per heavy atom. The summed E-state index contributed by atoms with van der Waals surface area (Å²) < 4.78 is 0. The maximum absolute atomic E-state index is 12.9. The minimum atomic E-state index is -0.746. The highest BCUT2D eigenvalue weighted by atomic mass is 35.5. The lowest BCUT2D eigenvalue weighted by Crippen LogP contribution is -2.44. The number of aliphatic carboxylic acids is 1. The van der Waals surface area contributed by atoms with Crippen molar-refractivity contribution in [2.75, 3.05) is 13.1 Å². The molecule has 2 aliphatic rings. The Balaban J connectivity index is 1.65. The second-order valence-electron chi connectivity index (χ2n) is 6.42. The van der Waals surface area contributed by atoms with Gasteiger partial charge in [0, 0.05) is 24.5 Å². The Bertz CT molecular complexity index is 572. The fourth-order valence-electron chi connectivity index (χ4n) is 3.41. The van der Waals surface area contributed by atoms with Crippen LogP contribution >= 0.6 is 11.6 Å². The maximum Gasteiger partial charge on any atom is 0.303 e. The summed E-state index contributed by atoms with van der Waals surface area (Å²) in [6.07, 6.45) is 3.57. The van der Waals surface area contributed by atoms with E-state index in [0.29, 0.717) is 18.1 Å². The zero-order valence-electron chi connectivity index (χ0n) is 12.4. The lowest BCUT2D eigenvalue weighted by atomic mass is 9.90. The number of halogens is 1. The Labute approximate surface area is 135 Å². The third-order valence-electron chi connectivity index (χ3n) is 4.92. The summed E-state index contributed by atoms with van der Waals surface area (Å²) in [6.45, 7) is 1.35. The number of carbonyl (C=O) groups excluding carboxylic acids is 1.